The summed E-state index contributed by atoms with van der Waals surface area (Å²) in [5, 5.41) is 3.13. The minimum absolute atomic E-state index is 0.00772. The first-order chi connectivity index (χ1) is 14.7. The van der Waals surface area contributed by atoms with Gasteiger partial charge in [0.25, 0.3) is 0 Å². The quantitative estimate of drug-likeness (QED) is 0.538. The highest BCUT2D eigenvalue weighted by atomic mass is 32.2. The molecule has 0 unspecified atom stereocenters. The Morgan fingerprint density at radius 3 is 2.61 bits per heavy atom. The lowest BCUT2D eigenvalue weighted by Gasteiger charge is -2.17. The predicted octanol–water partition coefficient (Wildman–Crippen LogP) is 1.96. The van der Waals surface area contributed by atoms with Gasteiger partial charge in [-0.15, -0.1) is 0 Å². The van der Waals surface area contributed by atoms with E-state index in [9.17, 15) is 22.8 Å². The minimum atomic E-state index is -3.95. The topological polar surface area (TPSA) is 126 Å². The van der Waals surface area contributed by atoms with Gasteiger partial charge in [0.05, 0.1) is 23.6 Å². The van der Waals surface area contributed by atoms with E-state index in [1.54, 1.807) is 25.1 Å². The predicted molar refractivity (Wildman–Crippen MR) is 115 cm³/mol. The lowest BCUT2D eigenvalue weighted by atomic mass is 10.2. The Balaban J connectivity index is 1.73. The number of hydrogen-bond donors (Lipinski definition) is 2. The van der Waals surface area contributed by atoms with Crippen LogP contribution < -0.4 is 10.9 Å². The Kier molecular flexibility index (Phi) is 6.52. The van der Waals surface area contributed by atoms with E-state index in [1.165, 1.54) is 43.4 Å². The molecule has 9 nitrogen and oxygen atoms in total. The first kappa shape index (κ1) is 22.2. The number of carbonyl (C=O) groups is 2. The molecular formula is C21H21N3O6S. The van der Waals surface area contributed by atoms with Crippen LogP contribution in [0, 0.1) is 0 Å². The third-order valence-corrected chi connectivity index (χ3v) is 6.23. The Morgan fingerprint density at radius 2 is 1.87 bits per heavy atom. The number of fused-ring (bicyclic) bond motifs is 1. The van der Waals surface area contributed by atoms with Crippen molar-refractivity contribution in [3.8, 4) is 0 Å². The zero-order valence-electron chi connectivity index (χ0n) is 16.9. The highest BCUT2D eigenvalue weighted by molar-refractivity contribution is 7.89. The Labute approximate surface area is 178 Å². The molecule has 0 spiro atoms. The van der Waals surface area contributed by atoms with Gasteiger partial charge in [-0.25, -0.2) is 13.2 Å². The molecule has 0 aliphatic carbocycles. The van der Waals surface area contributed by atoms with Crippen LogP contribution >= 0.6 is 0 Å². The maximum absolute atomic E-state index is 12.9. The van der Waals surface area contributed by atoms with Gasteiger partial charge in [0, 0.05) is 24.3 Å². The lowest BCUT2D eigenvalue weighted by molar-refractivity contribution is -0.116. The van der Waals surface area contributed by atoms with Crippen LogP contribution in [0.25, 0.3) is 10.9 Å². The number of benzene rings is 2. The number of hydrogen-bond acceptors (Lipinski definition) is 6. The van der Waals surface area contributed by atoms with Crippen LogP contribution in [0.5, 0.6) is 0 Å². The van der Waals surface area contributed by atoms with E-state index >= 15 is 0 Å². The Morgan fingerprint density at radius 1 is 1.10 bits per heavy atom. The summed E-state index contributed by atoms with van der Waals surface area (Å²) in [7, 11) is -2.66. The molecule has 0 saturated heterocycles. The van der Waals surface area contributed by atoms with Crippen molar-refractivity contribution in [3.05, 3.63) is 70.5 Å². The number of likely N-dealkylation sites (N-methyl/N-ethyl adjacent to an activating group) is 1. The third-order valence-electron chi connectivity index (χ3n) is 4.43. The SMILES string of the molecule is CCOC(=O)c1cccc(NC(=O)CN(C)S(=O)(=O)c2ccc3[nH]c(=O)ccc3c2)c1. The molecule has 0 aliphatic rings. The molecular weight excluding hydrogens is 422 g/mol. The van der Waals surface area contributed by atoms with Crippen molar-refractivity contribution in [2.75, 3.05) is 25.5 Å². The van der Waals surface area contributed by atoms with Crippen molar-refractivity contribution >= 4 is 38.5 Å². The highest BCUT2D eigenvalue weighted by Gasteiger charge is 2.23. The fourth-order valence-corrected chi connectivity index (χ4v) is 4.06. The zero-order chi connectivity index (χ0) is 22.6. The first-order valence-electron chi connectivity index (χ1n) is 9.37. The first-order valence-corrected chi connectivity index (χ1v) is 10.8. The van der Waals surface area contributed by atoms with E-state index in [2.05, 4.69) is 10.3 Å². The van der Waals surface area contributed by atoms with E-state index in [0.29, 0.717) is 16.6 Å². The number of aromatic amines is 1. The Hall–Kier alpha value is -3.50. The van der Waals surface area contributed by atoms with Gasteiger partial charge in [0.1, 0.15) is 0 Å². The van der Waals surface area contributed by atoms with Gasteiger partial charge in [-0.2, -0.15) is 4.31 Å². The summed E-state index contributed by atoms with van der Waals surface area (Å²) in [6, 6.07) is 13.3. The molecule has 0 bridgehead atoms. The second kappa shape index (κ2) is 9.11. The standard InChI is InChI=1S/C21H21N3O6S/c1-3-30-21(27)15-5-4-6-16(11-15)22-20(26)13-24(2)31(28,29)17-8-9-18-14(12-17)7-10-19(25)23-18/h4-12H,3,13H2,1-2H3,(H,22,26)(H,23,25). The van der Waals surface area contributed by atoms with Crippen molar-refractivity contribution in [3.63, 3.8) is 0 Å². The van der Waals surface area contributed by atoms with Crippen LogP contribution in [-0.2, 0) is 19.6 Å². The number of carbonyl (C=O) groups excluding carboxylic acids is 2. The number of aromatic nitrogens is 1. The lowest BCUT2D eigenvalue weighted by Crippen LogP contribution is -2.35. The number of sulfonamides is 1. The molecule has 3 aromatic rings. The molecule has 162 valence electrons. The summed E-state index contributed by atoms with van der Waals surface area (Å²) in [5.41, 5.74) is 0.836. The maximum Gasteiger partial charge on any atom is 0.338 e. The van der Waals surface area contributed by atoms with E-state index in [-0.39, 0.29) is 22.6 Å². The van der Waals surface area contributed by atoms with Gasteiger partial charge in [0.2, 0.25) is 21.5 Å². The fourth-order valence-electron chi connectivity index (χ4n) is 2.90. The summed E-state index contributed by atoms with van der Waals surface area (Å²) in [5.74, 6) is -1.09. The third kappa shape index (κ3) is 5.16. The second-order valence-corrected chi connectivity index (χ2v) is 8.73. The van der Waals surface area contributed by atoms with Gasteiger partial charge in [-0.3, -0.25) is 9.59 Å². The number of esters is 1. The molecule has 0 fully saturated rings. The number of anilines is 1. The fraction of sp³-hybridized carbons (Fsp3) is 0.190. The number of H-pyrrole nitrogens is 1. The number of nitrogens with one attached hydrogen (secondary N) is 2. The minimum Gasteiger partial charge on any atom is -0.462 e. The Bertz CT molecular complexity index is 1300. The van der Waals surface area contributed by atoms with Crippen LogP contribution in [0.2, 0.25) is 0 Å². The average molecular weight is 443 g/mol. The summed E-state index contributed by atoms with van der Waals surface area (Å²) in [4.78, 5) is 38.2. The van der Waals surface area contributed by atoms with E-state index in [0.717, 1.165) is 4.31 Å². The van der Waals surface area contributed by atoms with E-state index in [4.69, 9.17) is 4.74 Å². The van der Waals surface area contributed by atoms with Crippen molar-refractivity contribution in [2.45, 2.75) is 11.8 Å². The second-order valence-electron chi connectivity index (χ2n) is 6.68. The molecule has 3 rings (SSSR count). The highest BCUT2D eigenvalue weighted by Crippen LogP contribution is 2.19. The van der Waals surface area contributed by atoms with E-state index < -0.39 is 28.4 Å². The number of pyridine rings is 1. The smallest absolute Gasteiger partial charge is 0.338 e. The largest absolute Gasteiger partial charge is 0.462 e. The summed E-state index contributed by atoms with van der Waals surface area (Å²) in [6.45, 7) is 1.48. The van der Waals surface area contributed by atoms with Gasteiger partial charge < -0.3 is 15.0 Å². The van der Waals surface area contributed by atoms with Crippen LogP contribution in [0.1, 0.15) is 17.3 Å². The monoisotopic (exact) mass is 443 g/mol. The summed E-state index contributed by atoms with van der Waals surface area (Å²) in [6.07, 6.45) is 0. The summed E-state index contributed by atoms with van der Waals surface area (Å²) < 4.78 is 31.6. The number of nitrogens with zero attached hydrogens (tertiary/aromatic N) is 1. The molecule has 31 heavy (non-hydrogen) atoms. The van der Waals surface area contributed by atoms with Crippen molar-refractivity contribution in [1.29, 1.82) is 0 Å². The molecule has 2 aromatic carbocycles. The number of amides is 1. The zero-order valence-corrected chi connectivity index (χ0v) is 17.7. The molecule has 10 heteroatoms. The average Bonchev–Trinajstić information content (AvgIpc) is 2.73. The molecule has 0 radical (unpaired) electrons. The normalized spacial score (nSPS) is 11.5. The molecule has 0 aliphatic heterocycles. The van der Waals surface area contributed by atoms with Gasteiger partial charge >= 0.3 is 5.97 Å². The molecule has 1 aromatic heterocycles. The van der Waals surface area contributed by atoms with Crippen LogP contribution in [-0.4, -0.2) is 49.8 Å². The van der Waals surface area contributed by atoms with Crippen molar-refractivity contribution in [2.24, 2.45) is 0 Å². The van der Waals surface area contributed by atoms with Crippen LogP contribution in [0.3, 0.4) is 0 Å². The van der Waals surface area contributed by atoms with Crippen LogP contribution in [0.4, 0.5) is 5.69 Å². The van der Waals surface area contributed by atoms with Crippen molar-refractivity contribution in [1.82, 2.24) is 9.29 Å². The van der Waals surface area contributed by atoms with Gasteiger partial charge in [-0.1, -0.05) is 6.07 Å². The van der Waals surface area contributed by atoms with Crippen molar-refractivity contribution < 1.29 is 22.7 Å². The molecule has 2 N–H and O–H groups in total. The number of ether oxygens (including phenoxy) is 1. The summed E-state index contributed by atoms with van der Waals surface area (Å²) >= 11 is 0. The molecule has 1 amide bonds. The van der Waals surface area contributed by atoms with Gasteiger partial charge in [-0.05, 0) is 54.8 Å². The van der Waals surface area contributed by atoms with Crippen LogP contribution in [0.15, 0.2) is 64.3 Å². The maximum atomic E-state index is 12.9. The number of rotatable bonds is 7. The molecule has 1 heterocycles. The van der Waals surface area contributed by atoms with Gasteiger partial charge in [0.15, 0.2) is 0 Å². The molecule has 0 saturated carbocycles. The van der Waals surface area contributed by atoms with E-state index in [1.807, 2.05) is 0 Å². The molecule has 0 atom stereocenters.